The fraction of sp³-hybridized carbons (Fsp3) is 0.667. The highest BCUT2D eigenvalue weighted by Gasteiger charge is 2.23. The van der Waals surface area contributed by atoms with Crippen LogP contribution in [0.15, 0.2) is 28.2 Å². The van der Waals surface area contributed by atoms with Crippen LogP contribution in [0, 0.1) is 0 Å². The first kappa shape index (κ1) is 15.8. The first-order valence-electron chi connectivity index (χ1n) is 7.14. The molecule has 1 heterocycles. The summed E-state index contributed by atoms with van der Waals surface area (Å²) in [5, 5.41) is 3.54. The first-order chi connectivity index (χ1) is 8.97. The predicted molar refractivity (Wildman–Crippen MR) is 83.1 cm³/mol. The van der Waals surface area contributed by atoms with E-state index in [2.05, 4.69) is 42.9 Å². The maximum absolute atomic E-state index is 5.81. The SMILES string of the molecule is C\C=C(N)/C=N/C(=C(\C)CC)N1C[C@@H](C)N[C@@H](C)C1. The number of nitrogens with zero attached hydrogens (tertiary/aromatic N) is 2. The van der Waals surface area contributed by atoms with E-state index in [1.807, 2.05) is 13.0 Å². The Hall–Kier alpha value is -1.29. The maximum atomic E-state index is 5.81. The van der Waals surface area contributed by atoms with Gasteiger partial charge in [0.25, 0.3) is 0 Å². The van der Waals surface area contributed by atoms with Gasteiger partial charge >= 0.3 is 0 Å². The Bertz CT molecular complexity index is 372. The van der Waals surface area contributed by atoms with E-state index >= 15 is 0 Å². The summed E-state index contributed by atoms with van der Waals surface area (Å²) in [7, 11) is 0. The largest absolute Gasteiger partial charge is 0.398 e. The Morgan fingerprint density at radius 2 is 1.95 bits per heavy atom. The van der Waals surface area contributed by atoms with Gasteiger partial charge in [-0.2, -0.15) is 0 Å². The van der Waals surface area contributed by atoms with Crippen LogP contribution in [0.25, 0.3) is 0 Å². The maximum Gasteiger partial charge on any atom is 0.127 e. The average Bonchev–Trinajstić information content (AvgIpc) is 2.37. The van der Waals surface area contributed by atoms with Crippen LogP contribution in [-0.4, -0.2) is 36.3 Å². The van der Waals surface area contributed by atoms with Gasteiger partial charge in [-0.25, -0.2) is 4.99 Å². The Kier molecular flexibility index (Phi) is 6.09. The van der Waals surface area contributed by atoms with Crippen LogP contribution in [0.4, 0.5) is 0 Å². The van der Waals surface area contributed by atoms with Gasteiger partial charge in [0.1, 0.15) is 5.82 Å². The van der Waals surface area contributed by atoms with Crippen molar-refractivity contribution in [2.75, 3.05) is 13.1 Å². The molecule has 1 aliphatic heterocycles. The number of nitrogens with one attached hydrogen (secondary N) is 1. The molecule has 0 radical (unpaired) electrons. The van der Waals surface area contributed by atoms with Crippen LogP contribution in [-0.2, 0) is 0 Å². The molecule has 1 fully saturated rings. The number of piperazine rings is 1. The molecule has 3 N–H and O–H groups in total. The summed E-state index contributed by atoms with van der Waals surface area (Å²) in [4.78, 5) is 6.98. The lowest BCUT2D eigenvalue weighted by atomic mass is 10.1. The minimum Gasteiger partial charge on any atom is -0.398 e. The highest BCUT2D eigenvalue weighted by molar-refractivity contribution is 5.77. The molecule has 4 nitrogen and oxygen atoms in total. The van der Waals surface area contributed by atoms with Crippen LogP contribution >= 0.6 is 0 Å². The molecule has 0 bridgehead atoms. The lowest BCUT2D eigenvalue weighted by Gasteiger charge is -2.38. The van der Waals surface area contributed by atoms with Gasteiger partial charge < -0.3 is 16.0 Å². The molecular formula is C15H28N4. The molecule has 1 aliphatic rings. The summed E-state index contributed by atoms with van der Waals surface area (Å²) in [5.41, 5.74) is 7.82. The normalized spacial score (nSPS) is 26.8. The zero-order valence-electron chi connectivity index (χ0n) is 12.9. The highest BCUT2D eigenvalue weighted by atomic mass is 15.3. The number of rotatable bonds is 4. The number of aliphatic imine (C=N–C) groups is 1. The zero-order valence-corrected chi connectivity index (χ0v) is 12.9. The Labute approximate surface area is 117 Å². The van der Waals surface area contributed by atoms with Gasteiger partial charge in [0.15, 0.2) is 0 Å². The summed E-state index contributed by atoms with van der Waals surface area (Å²) in [6.07, 6.45) is 4.63. The van der Waals surface area contributed by atoms with E-state index < -0.39 is 0 Å². The van der Waals surface area contributed by atoms with E-state index in [-0.39, 0.29) is 0 Å². The van der Waals surface area contributed by atoms with Crippen molar-refractivity contribution in [3.05, 3.63) is 23.2 Å². The van der Waals surface area contributed by atoms with Crippen molar-refractivity contribution in [3.8, 4) is 0 Å². The number of allylic oxidation sites excluding steroid dienone is 3. The van der Waals surface area contributed by atoms with Gasteiger partial charge in [-0.3, -0.25) is 0 Å². The summed E-state index contributed by atoms with van der Waals surface area (Å²) in [6.45, 7) is 12.6. The van der Waals surface area contributed by atoms with Gasteiger partial charge in [-0.15, -0.1) is 0 Å². The van der Waals surface area contributed by atoms with Gasteiger partial charge in [0, 0.05) is 30.9 Å². The predicted octanol–water partition coefficient (Wildman–Crippen LogP) is 2.24. The minimum absolute atomic E-state index is 0.484. The molecule has 0 saturated carbocycles. The smallest absolute Gasteiger partial charge is 0.127 e. The van der Waals surface area contributed by atoms with Crippen molar-refractivity contribution < 1.29 is 0 Å². The van der Waals surface area contributed by atoms with Crippen LogP contribution in [0.5, 0.6) is 0 Å². The second-order valence-corrected chi connectivity index (χ2v) is 5.38. The summed E-state index contributed by atoms with van der Waals surface area (Å²) in [5.74, 6) is 1.08. The fourth-order valence-corrected chi connectivity index (χ4v) is 2.33. The van der Waals surface area contributed by atoms with Gasteiger partial charge in [-0.05, 0) is 39.7 Å². The van der Waals surface area contributed by atoms with E-state index in [4.69, 9.17) is 5.73 Å². The molecule has 1 rings (SSSR count). The third kappa shape index (κ3) is 4.71. The number of hydrogen-bond acceptors (Lipinski definition) is 4. The van der Waals surface area contributed by atoms with Crippen molar-refractivity contribution in [1.82, 2.24) is 10.2 Å². The molecular weight excluding hydrogens is 236 g/mol. The fourth-order valence-electron chi connectivity index (χ4n) is 2.33. The second-order valence-electron chi connectivity index (χ2n) is 5.38. The van der Waals surface area contributed by atoms with Crippen molar-refractivity contribution >= 4 is 6.21 Å². The summed E-state index contributed by atoms with van der Waals surface area (Å²) < 4.78 is 0. The van der Waals surface area contributed by atoms with Gasteiger partial charge in [-0.1, -0.05) is 13.0 Å². The quantitative estimate of drug-likeness (QED) is 0.766. The Morgan fingerprint density at radius 1 is 1.37 bits per heavy atom. The minimum atomic E-state index is 0.484. The van der Waals surface area contributed by atoms with E-state index in [0.717, 1.165) is 25.3 Å². The monoisotopic (exact) mass is 264 g/mol. The molecule has 0 aromatic carbocycles. The van der Waals surface area contributed by atoms with Crippen molar-refractivity contribution in [2.45, 2.75) is 53.1 Å². The van der Waals surface area contributed by atoms with Crippen LogP contribution in [0.3, 0.4) is 0 Å². The average molecular weight is 264 g/mol. The third-order valence-electron chi connectivity index (χ3n) is 3.44. The van der Waals surface area contributed by atoms with E-state index in [0.29, 0.717) is 17.8 Å². The van der Waals surface area contributed by atoms with Crippen LogP contribution in [0.2, 0.25) is 0 Å². The molecule has 0 aromatic rings. The topological polar surface area (TPSA) is 53.6 Å². The number of hydrogen-bond donors (Lipinski definition) is 2. The molecule has 0 aliphatic carbocycles. The van der Waals surface area contributed by atoms with E-state index in [1.54, 1.807) is 6.21 Å². The zero-order chi connectivity index (χ0) is 14.4. The Morgan fingerprint density at radius 3 is 2.42 bits per heavy atom. The first-order valence-corrected chi connectivity index (χ1v) is 7.14. The van der Waals surface area contributed by atoms with E-state index in [1.165, 1.54) is 5.57 Å². The molecule has 0 spiro atoms. The van der Waals surface area contributed by atoms with Gasteiger partial charge in [0.2, 0.25) is 0 Å². The molecule has 0 unspecified atom stereocenters. The molecule has 0 amide bonds. The molecule has 4 heteroatoms. The van der Waals surface area contributed by atoms with Crippen molar-refractivity contribution in [1.29, 1.82) is 0 Å². The Balaban J connectivity index is 2.95. The lowest BCUT2D eigenvalue weighted by molar-refractivity contribution is 0.211. The van der Waals surface area contributed by atoms with Crippen LogP contribution in [0.1, 0.15) is 41.0 Å². The third-order valence-corrected chi connectivity index (χ3v) is 3.44. The summed E-state index contributed by atoms with van der Waals surface area (Å²) >= 11 is 0. The lowest BCUT2D eigenvalue weighted by Crippen LogP contribution is -2.53. The van der Waals surface area contributed by atoms with Gasteiger partial charge in [0.05, 0.1) is 6.21 Å². The van der Waals surface area contributed by atoms with E-state index in [9.17, 15) is 0 Å². The van der Waals surface area contributed by atoms with Crippen molar-refractivity contribution in [2.24, 2.45) is 10.7 Å². The molecule has 1 saturated heterocycles. The molecule has 19 heavy (non-hydrogen) atoms. The van der Waals surface area contributed by atoms with Crippen molar-refractivity contribution in [3.63, 3.8) is 0 Å². The molecule has 2 atom stereocenters. The molecule has 108 valence electrons. The highest BCUT2D eigenvalue weighted by Crippen LogP contribution is 2.18. The standard InChI is InChI=1S/C15H28N4/c1-6-11(3)15(17-8-14(16)7-2)19-9-12(4)18-13(5)10-19/h7-8,12-13,18H,6,9-10,16H2,1-5H3/b14-7+,15-11-,17-8+/t12-,13+. The summed E-state index contributed by atoms with van der Waals surface area (Å²) in [6, 6.07) is 0.968. The molecule has 0 aromatic heterocycles. The number of nitrogens with two attached hydrogens (primary N) is 1. The van der Waals surface area contributed by atoms with Crippen LogP contribution < -0.4 is 11.1 Å². The second kappa shape index (κ2) is 7.34.